The number of oxazole rings is 1. The Kier molecular flexibility index (Phi) is 3.65. The molecule has 0 unspecified atom stereocenters. The molecule has 0 amide bonds. The van der Waals surface area contributed by atoms with Crippen LogP contribution in [0.25, 0.3) is 11.1 Å². The summed E-state index contributed by atoms with van der Waals surface area (Å²) in [5.41, 5.74) is 2.89. The van der Waals surface area contributed by atoms with Crippen molar-refractivity contribution in [2.45, 2.75) is 17.9 Å². The third-order valence-electron chi connectivity index (χ3n) is 3.25. The van der Waals surface area contributed by atoms with Gasteiger partial charge >= 0.3 is 0 Å². The molecule has 1 heterocycles. The van der Waals surface area contributed by atoms with Crippen LogP contribution in [0, 0.1) is 0 Å². The standard InChI is InChI=1S/C16H16N2OS/c1-11(12-7-9-13(20-2)10-8-12)17-16-18-14-5-3-4-6-15(14)19-16/h3-11H,1-2H3,(H,17,18)/t11-/m0/s1. The maximum Gasteiger partial charge on any atom is 0.296 e. The molecule has 1 aromatic heterocycles. The second-order valence-electron chi connectivity index (χ2n) is 4.63. The summed E-state index contributed by atoms with van der Waals surface area (Å²) < 4.78 is 5.68. The van der Waals surface area contributed by atoms with E-state index in [4.69, 9.17) is 4.42 Å². The Morgan fingerprint density at radius 1 is 1.10 bits per heavy atom. The molecule has 0 radical (unpaired) electrons. The third kappa shape index (κ3) is 2.65. The number of fused-ring (bicyclic) bond motifs is 1. The van der Waals surface area contributed by atoms with Gasteiger partial charge in [-0.1, -0.05) is 24.3 Å². The van der Waals surface area contributed by atoms with E-state index >= 15 is 0 Å². The summed E-state index contributed by atoms with van der Waals surface area (Å²) in [5.74, 6) is 0. The van der Waals surface area contributed by atoms with Crippen LogP contribution in [-0.4, -0.2) is 11.2 Å². The lowest BCUT2D eigenvalue weighted by molar-refractivity contribution is 0.604. The van der Waals surface area contributed by atoms with Gasteiger partial charge in [-0.3, -0.25) is 0 Å². The highest BCUT2D eigenvalue weighted by Gasteiger charge is 2.10. The summed E-state index contributed by atoms with van der Waals surface area (Å²) in [6, 6.07) is 17.0. The second kappa shape index (κ2) is 5.59. The van der Waals surface area contributed by atoms with Crippen molar-refractivity contribution in [1.82, 2.24) is 4.98 Å². The number of thioether (sulfide) groups is 1. The van der Waals surface area contributed by atoms with Crippen LogP contribution in [-0.2, 0) is 0 Å². The molecule has 0 fully saturated rings. The molecule has 3 aromatic rings. The van der Waals surface area contributed by atoms with Crippen LogP contribution in [0.4, 0.5) is 6.01 Å². The van der Waals surface area contributed by atoms with Crippen molar-refractivity contribution in [2.24, 2.45) is 0 Å². The number of aromatic nitrogens is 1. The first-order valence-corrected chi connectivity index (χ1v) is 7.75. The van der Waals surface area contributed by atoms with E-state index in [2.05, 4.69) is 47.7 Å². The molecular formula is C16H16N2OS. The summed E-state index contributed by atoms with van der Waals surface area (Å²) in [4.78, 5) is 5.70. The molecular weight excluding hydrogens is 268 g/mol. The number of para-hydroxylation sites is 2. The van der Waals surface area contributed by atoms with E-state index in [1.807, 2.05) is 24.3 Å². The van der Waals surface area contributed by atoms with Crippen LogP contribution in [0.15, 0.2) is 57.8 Å². The minimum Gasteiger partial charge on any atom is -0.424 e. The van der Waals surface area contributed by atoms with Gasteiger partial charge in [0.2, 0.25) is 0 Å². The van der Waals surface area contributed by atoms with Gasteiger partial charge in [0.15, 0.2) is 5.58 Å². The molecule has 4 heteroatoms. The molecule has 0 aliphatic carbocycles. The summed E-state index contributed by atoms with van der Waals surface area (Å²) in [5, 5.41) is 3.30. The average Bonchev–Trinajstić information content (AvgIpc) is 2.89. The molecule has 0 saturated carbocycles. The minimum absolute atomic E-state index is 0.152. The topological polar surface area (TPSA) is 38.1 Å². The third-order valence-corrected chi connectivity index (χ3v) is 3.99. The smallest absolute Gasteiger partial charge is 0.296 e. The van der Waals surface area contributed by atoms with Crippen molar-refractivity contribution >= 4 is 28.9 Å². The zero-order valence-electron chi connectivity index (χ0n) is 11.5. The van der Waals surface area contributed by atoms with Gasteiger partial charge in [-0.25, -0.2) is 0 Å². The Hall–Kier alpha value is -1.94. The lowest BCUT2D eigenvalue weighted by Crippen LogP contribution is -2.06. The van der Waals surface area contributed by atoms with Crippen LogP contribution in [0.3, 0.4) is 0 Å². The monoisotopic (exact) mass is 284 g/mol. The molecule has 102 valence electrons. The van der Waals surface area contributed by atoms with Crippen molar-refractivity contribution in [3.05, 3.63) is 54.1 Å². The highest BCUT2D eigenvalue weighted by Crippen LogP contribution is 2.24. The Balaban J connectivity index is 1.78. The molecule has 1 N–H and O–H groups in total. The molecule has 0 saturated heterocycles. The molecule has 0 spiro atoms. The fourth-order valence-electron chi connectivity index (χ4n) is 2.10. The number of anilines is 1. The fraction of sp³-hybridized carbons (Fsp3) is 0.188. The predicted molar refractivity (Wildman–Crippen MR) is 84.3 cm³/mol. The number of benzene rings is 2. The number of hydrogen-bond acceptors (Lipinski definition) is 4. The number of nitrogens with zero attached hydrogens (tertiary/aromatic N) is 1. The first-order chi connectivity index (χ1) is 9.76. The van der Waals surface area contributed by atoms with Crippen LogP contribution in [0.5, 0.6) is 0 Å². The molecule has 3 nitrogen and oxygen atoms in total. The molecule has 3 rings (SSSR count). The summed E-state index contributed by atoms with van der Waals surface area (Å²) in [6.45, 7) is 2.10. The normalized spacial score (nSPS) is 12.5. The van der Waals surface area contributed by atoms with Gasteiger partial charge < -0.3 is 9.73 Å². The van der Waals surface area contributed by atoms with E-state index in [1.54, 1.807) is 11.8 Å². The zero-order chi connectivity index (χ0) is 13.9. The van der Waals surface area contributed by atoms with Crippen molar-refractivity contribution in [3.8, 4) is 0 Å². The van der Waals surface area contributed by atoms with Gasteiger partial charge in [-0.2, -0.15) is 4.98 Å². The second-order valence-corrected chi connectivity index (χ2v) is 5.51. The maximum absolute atomic E-state index is 5.68. The van der Waals surface area contributed by atoms with E-state index in [0.29, 0.717) is 6.01 Å². The van der Waals surface area contributed by atoms with E-state index in [9.17, 15) is 0 Å². The van der Waals surface area contributed by atoms with Gasteiger partial charge in [0.1, 0.15) is 5.52 Å². The highest BCUT2D eigenvalue weighted by atomic mass is 32.2. The largest absolute Gasteiger partial charge is 0.424 e. The SMILES string of the molecule is CSc1ccc([C@H](C)Nc2nc3ccccc3o2)cc1. The first-order valence-electron chi connectivity index (χ1n) is 6.52. The molecule has 20 heavy (non-hydrogen) atoms. The molecule has 0 bridgehead atoms. The maximum atomic E-state index is 5.68. The molecule has 2 aromatic carbocycles. The number of nitrogens with one attached hydrogen (secondary N) is 1. The van der Waals surface area contributed by atoms with E-state index in [1.165, 1.54) is 10.5 Å². The Bertz CT molecular complexity index is 673. The minimum atomic E-state index is 0.152. The average molecular weight is 284 g/mol. The van der Waals surface area contributed by atoms with Crippen molar-refractivity contribution in [3.63, 3.8) is 0 Å². The van der Waals surface area contributed by atoms with Crippen LogP contribution < -0.4 is 5.32 Å². The van der Waals surface area contributed by atoms with Crippen LogP contribution >= 0.6 is 11.8 Å². The van der Waals surface area contributed by atoms with Crippen molar-refractivity contribution in [1.29, 1.82) is 0 Å². The van der Waals surface area contributed by atoms with Crippen LogP contribution in [0.1, 0.15) is 18.5 Å². The van der Waals surface area contributed by atoms with Gasteiger partial charge in [0.25, 0.3) is 6.01 Å². The predicted octanol–water partition coefficient (Wildman–Crippen LogP) is 4.72. The zero-order valence-corrected chi connectivity index (χ0v) is 12.3. The van der Waals surface area contributed by atoms with Crippen molar-refractivity contribution < 1.29 is 4.42 Å². The lowest BCUT2D eigenvalue weighted by Gasteiger charge is -2.12. The van der Waals surface area contributed by atoms with Crippen LogP contribution in [0.2, 0.25) is 0 Å². The molecule has 0 aliphatic rings. The van der Waals surface area contributed by atoms with E-state index in [-0.39, 0.29) is 6.04 Å². The summed E-state index contributed by atoms with van der Waals surface area (Å²) >= 11 is 1.74. The van der Waals surface area contributed by atoms with Crippen molar-refractivity contribution in [2.75, 3.05) is 11.6 Å². The van der Waals surface area contributed by atoms with Gasteiger partial charge in [-0.15, -0.1) is 11.8 Å². The fourth-order valence-corrected chi connectivity index (χ4v) is 2.50. The number of rotatable bonds is 4. The van der Waals surface area contributed by atoms with E-state index < -0.39 is 0 Å². The molecule has 0 aliphatic heterocycles. The Morgan fingerprint density at radius 2 is 1.85 bits per heavy atom. The first kappa shape index (κ1) is 13.1. The van der Waals surface area contributed by atoms with Gasteiger partial charge in [0.05, 0.1) is 6.04 Å². The summed E-state index contributed by atoms with van der Waals surface area (Å²) in [7, 11) is 0. The van der Waals surface area contributed by atoms with Gasteiger partial charge in [0, 0.05) is 4.90 Å². The van der Waals surface area contributed by atoms with E-state index in [0.717, 1.165) is 11.1 Å². The number of hydrogen-bond donors (Lipinski definition) is 1. The lowest BCUT2D eigenvalue weighted by atomic mass is 10.1. The summed E-state index contributed by atoms with van der Waals surface area (Å²) in [6.07, 6.45) is 2.08. The highest BCUT2D eigenvalue weighted by molar-refractivity contribution is 7.98. The Labute approximate surface area is 122 Å². The van der Waals surface area contributed by atoms with Gasteiger partial charge in [-0.05, 0) is 43.0 Å². The Morgan fingerprint density at radius 3 is 2.55 bits per heavy atom. The quantitative estimate of drug-likeness (QED) is 0.703. The molecule has 1 atom stereocenters.